The van der Waals surface area contributed by atoms with Crippen LogP contribution in [-0.2, 0) is 9.59 Å². The van der Waals surface area contributed by atoms with Gasteiger partial charge in [-0.25, -0.2) is 0 Å². The standard InChI is InChI=1S/C28H36N4O2S/c33-27-24-18-9-10-19(15-18)25(24)28(34)32(27)17-21-6-2-1-5-20(21)16-30-11-13-31(14-12-30)26-22-7-3-4-8-23(22)35-29-26/h3-4,7-8,18-21,24-25H,1-2,5-6,9-17H2/t18-,19+,20-,21+,24-,25+/m1/s1/i11D2,12D2,13D2,14D2. The number of carbonyl (C=O) groups is 2. The molecule has 3 aliphatic carbocycles. The molecule has 0 spiro atoms. The Kier molecular flexibility index (Phi) is 3.87. The van der Waals surface area contributed by atoms with Crippen molar-refractivity contribution in [3.63, 3.8) is 0 Å². The minimum absolute atomic E-state index is 0.103. The summed E-state index contributed by atoms with van der Waals surface area (Å²) in [5.41, 5.74) is 0. The van der Waals surface area contributed by atoms with Crippen molar-refractivity contribution in [3.8, 4) is 0 Å². The number of benzene rings is 1. The van der Waals surface area contributed by atoms with Crippen molar-refractivity contribution in [3.05, 3.63) is 24.3 Å². The van der Waals surface area contributed by atoms with Crippen LogP contribution < -0.4 is 4.90 Å². The minimum atomic E-state index is -3.00. The summed E-state index contributed by atoms with van der Waals surface area (Å²) in [5, 5.41) is 0.422. The largest absolute Gasteiger partial charge is 0.353 e. The van der Waals surface area contributed by atoms with E-state index in [1.807, 2.05) is 0 Å². The quantitative estimate of drug-likeness (QED) is 0.575. The Balaban J connectivity index is 1.18. The van der Waals surface area contributed by atoms with Crippen LogP contribution in [0, 0.1) is 35.5 Å². The van der Waals surface area contributed by atoms with Gasteiger partial charge >= 0.3 is 0 Å². The molecule has 186 valence electrons. The molecule has 3 saturated carbocycles. The van der Waals surface area contributed by atoms with Crippen molar-refractivity contribution in [2.24, 2.45) is 35.5 Å². The maximum Gasteiger partial charge on any atom is 0.233 e. The van der Waals surface area contributed by atoms with E-state index in [0.29, 0.717) is 27.8 Å². The Morgan fingerprint density at radius 1 is 0.886 bits per heavy atom. The number of nitrogens with zero attached hydrogens (tertiary/aromatic N) is 4. The van der Waals surface area contributed by atoms with E-state index in [2.05, 4.69) is 4.37 Å². The number of rotatable bonds is 5. The van der Waals surface area contributed by atoms with Crippen LogP contribution in [0.1, 0.15) is 55.9 Å². The molecule has 2 bridgehead atoms. The van der Waals surface area contributed by atoms with Crippen LogP contribution in [0.15, 0.2) is 24.3 Å². The van der Waals surface area contributed by atoms with Gasteiger partial charge in [-0.05, 0) is 79.4 Å². The van der Waals surface area contributed by atoms with Gasteiger partial charge in [-0.2, -0.15) is 4.37 Å². The zero-order valence-corrected chi connectivity index (χ0v) is 20.5. The number of fused-ring (bicyclic) bond motifs is 6. The van der Waals surface area contributed by atoms with Gasteiger partial charge in [-0.15, -0.1) is 0 Å². The third kappa shape index (κ3) is 3.72. The molecule has 0 unspecified atom stereocenters. The zero-order chi connectivity index (χ0) is 30.7. The molecule has 6 atom stereocenters. The number of amides is 2. The molecular weight excluding hydrogens is 456 g/mol. The summed E-state index contributed by atoms with van der Waals surface area (Å²) >= 11 is 1.02. The molecule has 2 saturated heterocycles. The highest BCUT2D eigenvalue weighted by atomic mass is 32.1. The predicted octanol–water partition coefficient (Wildman–Crippen LogP) is 4.26. The van der Waals surface area contributed by atoms with Crippen LogP contribution in [-0.4, -0.2) is 65.1 Å². The van der Waals surface area contributed by atoms with Gasteiger partial charge in [-0.1, -0.05) is 25.0 Å². The molecule has 35 heavy (non-hydrogen) atoms. The summed E-state index contributed by atoms with van der Waals surface area (Å²) in [6.07, 6.45) is 5.86. The zero-order valence-electron chi connectivity index (χ0n) is 27.7. The monoisotopic (exact) mass is 500 g/mol. The lowest BCUT2D eigenvalue weighted by Gasteiger charge is -2.40. The molecule has 3 heterocycles. The Labute approximate surface area is 223 Å². The van der Waals surface area contributed by atoms with Crippen molar-refractivity contribution < 1.29 is 20.6 Å². The molecule has 0 N–H and O–H groups in total. The fraction of sp³-hybridized carbons (Fsp3) is 0.679. The normalized spacial score (nSPS) is 44.6. The third-order valence-electron chi connectivity index (χ3n) is 9.08. The summed E-state index contributed by atoms with van der Waals surface area (Å²) < 4.78 is 76.7. The molecule has 1 aromatic heterocycles. The van der Waals surface area contributed by atoms with Crippen LogP contribution in [0.25, 0.3) is 10.1 Å². The Morgan fingerprint density at radius 2 is 1.54 bits per heavy atom. The smallest absolute Gasteiger partial charge is 0.233 e. The van der Waals surface area contributed by atoms with E-state index in [4.69, 9.17) is 11.0 Å². The summed E-state index contributed by atoms with van der Waals surface area (Å²) in [7, 11) is 0. The van der Waals surface area contributed by atoms with E-state index in [9.17, 15) is 9.59 Å². The number of piperazine rings is 1. The predicted molar refractivity (Wildman–Crippen MR) is 138 cm³/mol. The Morgan fingerprint density at radius 3 is 2.26 bits per heavy atom. The van der Waals surface area contributed by atoms with Crippen molar-refractivity contribution in [1.29, 1.82) is 0 Å². The van der Waals surface area contributed by atoms with Gasteiger partial charge in [0.25, 0.3) is 0 Å². The number of likely N-dealkylation sites (tertiary alicyclic amines) is 1. The first-order chi connectivity index (χ1) is 20.2. The summed E-state index contributed by atoms with van der Waals surface area (Å²) in [6, 6.07) is 6.86. The molecule has 6 nitrogen and oxygen atoms in total. The molecule has 0 radical (unpaired) electrons. The number of carbonyl (C=O) groups excluding carboxylic acids is 2. The SMILES string of the molecule is [2H]C1([2H])N(C[C@H]2CCCC[C@H]2CN2C(=O)[C@@H]3[C@@H]4CC[C@@H](C4)[C@@H]3C2=O)C([2H])([2H])C([2H])([2H])N(c2nsc3ccccc23)C1([2H])[2H]. The second kappa shape index (κ2) is 8.84. The van der Waals surface area contributed by atoms with E-state index < -0.39 is 26.0 Å². The van der Waals surface area contributed by atoms with E-state index in [0.717, 1.165) is 48.5 Å². The fourth-order valence-corrected chi connectivity index (χ4v) is 8.15. The minimum Gasteiger partial charge on any atom is -0.353 e. The number of hydrogen-bond donors (Lipinski definition) is 0. The van der Waals surface area contributed by atoms with Gasteiger partial charge in [0, 0.05) is 49.9 Å². The van der Waals surface area contributed by atoms with Gasteiger partial charge in [-0.3, -0.25) is 19.4 Å². The van der Waals surface area contributed by atoms with Crippen LogP contribution in [0.3, 0.4) is 0 Å². The van der Waals surface area contributed by atoms with E-state index in [-0.39, 0.29) is 66.2 Å². The Bertz CT molecular complexity index is 1410. The van der Waals surface area contributed by atoms with Gasteiger partial charge in [0.05, 0.1) is 22.0 Å². The van der Waals surface area contributed by atoms with E-state index >= 15 is 0 Å². The number of hydrogen-bond acceptors (Lipinski definition) is 6. The Hall–Kier alpha value is -1.99. The average Bonchev–Trinajstić information content (AvgIpc) is 3.72. The third-order valence-corrected chi connectivity index (χ3v) is 9.90. The topological polar surface area (TPSA) is 56.8 Å². The summed E-state index contributed by atoms with van der Waals surface area (Å²) in [6.45, 7) is -12.0. The van der Waals surface area contributed by atoms with Crippen molar-refractivity contribution >= 4 is 39.3 Å². The summed E-state index contributed by atoms with van der Waals surface area (Å²) in [4.78, 5) is 29.6. The summed E-state index contributed by atoms with van der Waals surface area (Å²) in [5.74, 6) is -0.817. The van der Waals surface area contributed by atoms with Gasteiger partial charge in [0.2, 0.25) is 11.8 Å². The lowest BCUT2D eigenvalue weighted by atomic mass is 9.78. The van der Waals surface area contributed by atoms with Crippen molar-refractivity contribution in [1.82, 2.24) is 14.2 Å². The van der Waals surface area contributed by atoms with Crippen LogP contribution in [0.2, 0.25) is 0 Å². The van der Waals surface area contributed by atoms with Crippen molar-refractivity contribution in [2.75, 3.05) is 44.0 Å². The molecule has 2 aromatic rings. The van der Waals surface area contributed by atoms with Crippen LogP contribution in [0.5, 0.6) is 0 Å². The molecular formula is C28H36N4O2S. The molecule has 7 rings (SSSR count). The number of aromatic nitrogens is 1. The molecule has 5 aliphatic rings. The van der Waals surface area contributed by atoms with Crippen LogP contribution >= 0.6 is 11.5 Å². The molecule has 5 fully saturated rings. The maximum absolute atomic E-state index is 13.4. The second-order valence-corrected chi connectivity index (χ2v) is 11.7. The highest BCUT2D eigenvalue weighted by Gasteiger charge is 2.61. The van der Waals surface area contributed by atoms with E-state index in [1.54, 1.807) is 24.3 Å². The molecule has 7 heteroatoms. The van der Waals surface area contributed by atoms with Gasteiger partial charge < -0.3 is 4.90 Å². The average molecular weight is 501 g/mol. The molecule has 2 aliphatic heterocycles. The van der Waals surface area contributed by atoms with Gasteiger partial charge in [0.15, 0.2) is 0 Å². The van der Waals surface area contributed by atoms with Crippen molar-refractivity contribution in [2.45, 2.75) is 44.9 Å². The molecule has 1 aromatic carbocycles. The number of imide groups is 1. The highest BCUT2D eigenvalue weighted by molar-refractivity contribution is 7.13. The first-order valence-electron chi connectivity index (χ1n) is 17.0. The number of anilines is 1. The lowest BCUT2D eigenvalue weighted by Crippen LogP contribution is -2.49. The lowest BCUT2D eigenvalue weighted by molar-refractivity contribution is -0.142. The molecule has 2 amide bonds. The maximum atomic E-state index is 13.4. The second-order valence-electron chi connectivity index (χ2n) is 10.9. The first kappa shape index (κ1) is 15.3. The first-order valence-corrected chi connectivity index (χ1v) is 13.7. The fourth-order valence-electron chi connectivity index (χ4n) is 7.39. The van der Waals surface area contributed by atoms with Crippen LogP contribution in [0.4, 0.5) is 5.82 Å². The van der Waals surface area contributed by atoms with E-state index in [1.165, 1.54) is 4.90 Å². The van der Waals surface area contributed by atoms with Gasteiger partial charge in [0.1, 0.15) is 5.82 Å². The highest BCUT2D eigenvalue weighted by Crippen LogP contribution is 2.56.